The third-order valence-corrected chi connectivity index (χ3v) is 2.99. The van der Waals surface area contributed by atoms with E-state index in [0.29, 0.717) is 12.8 Å². The van der Waals surface area contributed by atoms with E-state index in [0.717, 1.165) is 12.8 Å². The van der Waals surface area contributed by atoms with E-state index in [2.05, 4.69) is 15.3 Å². The number of anilines is 1. The second-order valence-corrected chi connectivity index (χ2v) is 4.10. The van der Waals surface area contributed by atoms with Crippen LogP contribution in [-0.4, -0.2) is 26.6 Å². The minimum absolute atomic E-state index is 0.202. The quantitative estimate of drug-likeness (QED) is 0.811. The monoisotopic (exact) mass is 232 g/mol. The van der Waals surface area contributed by atoms with E-state index < -0.39 is 11.5 Å². The van der Waals surface area contributed by atoms with Crippen LogP contribution in [0.4, 0.5) is 5.95 Å². The fourth-order valence-electron chi connectivity index (χ4n) is 2.07. The van der Waals surface area contributed by atoms with Gasteiger partial charge < -0.3 is 10.4 Å². The van der Waals surface area contributed by atoms with Crippen LogP contribution in [0.5, 0.6) is 0 Å². The topological polar surface area (TPSA) is 98.9 Å². The SMILES string of the molecule is N#Cc1ccnc(NC2(C(=O)O)CCCC2)n1. The van der Waals surface area contributed by atoms with Gasteiger partial charge in [-0.15, -0.1) is 0 Å². The van der Waals surface area contributed by atoms with E-state index in [1.165, 1.54) is 12.3 Å². The van der Waals surface area contributed by atoms with Crippen molar-refractivity contribution in [1.29, 1.82) is 5.26 Å². The van der Waals surface area contributed by atoms with Crippen molar-refractivity contribution in [2.75, 3.05) is 5.32 Å². The van der Waals surface area contributed by atoms with Gasteiger partial charge in [-0.3, -0.25) is 0 Å². The summed E-state index contributed by atoms with van der Waals surface area (Å²) in [5.41, 5.74) is -0.755. The lowest BCUT2D eigenvalue weighted by Crippen LogP contribution is -2.44. The maximum absolute atomic E-state index is 11.3. The molecule has 6 nitrogen and oxygen atoms in total. The molecule has 1 saturated carbocycles. The number of carbonyl (C=O) groups is 1. The van der Waals surface area contributed by atoms with Crippen LogP contribution in [0.15, 0.2) is 12.3 Å². The summed E-state index contributed by atoms with van der Waals surface area (Å²) in [6, 6.07) is 3.37. The van der Waals surface area contributed by atoms with Gasteiger partial charge in [0.2, 0.25) is 5.95 Å². The molecule has 0 atom stereocenters. The molecular formula is C11H12N4O2. The smallest absolute Gasteiger partial charge is 0.329 e. The van der Waals surface area contributed by atoms with Crippen molar-refractivity contribution in [2.45, 2.75) is 31.2 Å². The van der Waals surface area contributed by atoms with Gasteiger partial charge in [-0.1, -0.05) is 12.8 Å². The molecule has 0 aliphatic heterocycles. The highest BCUT2D eigenvalue weighted by Gasteiger charge is 2.41. The number of hydrogen-bond donors (Lipinski definition) is 2. The molecule has 0 bridgehead atoms. The van der Waals surface area contributed by atoms with Crippen molar-refractivity contribution in [3.63, 3.8) is 0 Å². The van der Waals surface area contributed by atoms with Gasteiger partial charge in [0, 0.05) is 6.20 Å². The Morgan fingerprint density at radius 3 is 2.82 bits per heavy atom. The van der Waals surface area contributed by atoms with Crippen molar-refractivity contribution in [3.8, 4) is 6.07 Å². The van der Waals surface area contributed by atoms with Crippen LogP contribution in [0, 0.1) is 11.3 Å². The van der Waals surface area contributed by atoms with Gasteiger partial charge in [-0.05, 0) is 18.9 Å². The molecule has 6 heteroatoms. The Hall–Kier alpha value is -2.16. The number of nitriles is 1. The third-order valence-electron chi connectivity index (χ3n) is 2.99. The number of nitrogens with one attached hydrogen (secondary N) is 1. The predicted molar refractivity (Wildman–Crippen MR) is 59.2 cm³/mol. The van der Waals surface area contributed by atoms with Gasteiger partial charge >= 0.3 is 5.97 Å². The normalized spacial score (nSPS) is 17.4. The molecule has 2 rings (SSSR count). The lowest BCUT2D eigenvalue weighted by Gasteiger charge is -2.25. The van der Waals surface area contributed by atoms with E-state index in [1.807, 2.05) is 6.07 Å². The first-order valence-corrected chi connectivity index (χ1v) is 5.41. The second-order valence-electron chi connectivity index (χ2n) is 4.10. The Labute approximate surface area is 98.3 Å². The molecule has 1 fully saturated rings. The van der Waals surface area contributed by atoms with Crippen LogP contribution in [0.1, 0.15) is 31.4 Å². The van der Waals surface area contributed by atoms with E-state index in [9.17, 15) is 9.90 Å². The van der Waals surface area contributed by atoms with Crippen LogP contribution in [0.2, 0.25) is 0 Å². The Balaban J connectivity index is 2.24. The zero-order chi connectivity index (χ0) is 12.3. The summed E-state index contributed by atoms with van der Waals surface area (Å²) in [4.78, 5) is 19.2. The summed E-state index contributed by atoms with van der Waals surface area (Å²) in [6.07, 6.45) is 4.30. The standard InChI is InChI=1S/C11H12N4O2/c12-7-8-3-6-13-10(14-8)15-11(9(16)17)4-1-2-5-11/h3,6H,1-2,4-5H2,(H,16,17)(H,13,14,15). The fourth-order valence-corrected chi connectivity index (χ4v) is 2.07. The molecule has 1 aromatic heterocycles. The fraction of sp³-hybridized carbons (Fsp3) is 0.455. The number of rotatable bonds is 3. The van der Waals surface area contributed by atoms with Gasteiger partial charge in [-0.25, -0.2) is 14.8 Å². The van der Waals surface area contributed by atoms with Gasteiger partial charge in [0.1, 0.15) is 17.3 Å². The maximum Gasteiger partial charge on any atom is 0.329 e. The van der Waals surface area contributed by atoms with Crippen molar-refractivity contribution in [3.05, 3.63) is 18.0 Å². The Bertz CT molecular complexity index is 475. The molecule has 1 aromatic rings. The minimum atomic E-state index is -0.978. The van der Waals surface area contributed by atoms with Crippen molar-refractivity contribution >= 4 is 11.9 Å². The Kier molecular flexibility index (Phi) is 2.91. The van der Waals surface area contributed by atoms with Crippen molar-refractivity contribution in [2.24, 2.45) is 0 Å². The van der Waals surface area contributed by atoms with Gasteiger partial charge in [0.15, 0.2) is 0 Å². The molecule has 0 radical (unpaired) electrons. The summed E-state index contributed by atoms with van der Waals surface area (Å²) in [5.74, 6) is -0.686. The highest BCUT2D eigenvalue weighted by atomic mass is 16.4. The molecule has 1 heterocycles. The zero-order valence-electron chi connectivity index (χ0n) is 9.18. The van der Waals surface area contributed by atoms with Crippen LogP contribution in [-0.2, 0) is 4.79 Å². The van der Waals surface area contributed by atoms with Gasteiger partial charge in [-0.2, -0.15) is 5.26 Å². The number of carboxylic acids is 1. The van der Waals surface area contributed by atoms with Crippen LogP contribution in [0.25, 0.3) is 0 Å². The van der Waals surface area contributed by atoms with E-state index in [1.54, 1.807) is 0 Å². The lowest BCUT2D eigenvalue weighted by atomic mass is 9.98. The summed E-state index contributed by atoms with van der Waals surface area (Å²) in [5, 5.41) is 20.8. The second kappa shape index (κ2) is 4.37. The molecule has 1 aliphatic carbocycles. The molecule has 17 heavy (non-hydrogen) atoms. The molecular weight excluding hydrogens is 220 g/mol. The van der Waals surface area contributed by atoms with E-state index >= 15 is 0 Å². The lowest BCUT2D eigenvalue weighted by molar-refractivity contribution is -0.142. The highest BCUT2D eigenvalue weighted by Crippen LogP contribution is 2.32. The first kappa shape index (κ1) is 11.3. The van der Waals surface area contributed by atoms with E-state index in [4.69, 9.17) is 5.26 Å². The minimum Gasteiger partial charge on any atom is -0.480 e. The molecule has 0 aromatic carbocycles. The molecule has 0 amide bonds. The van der Waals surface area contributed by atoms with E-state index in [-0.39, 0.29) is 11.6 Å². The number of aliphatic carboxylic acids is 1. The van der Waals surface area contributed by atoms with Gasteiger partial charge in [0.25, 0.3) is 0 Å². The van der Waals surface area contributed by atoms with Crippen molar-refractivity contribution < 1.29 is 9.90 Å². The molecule has 2 N–H and O–H groups in total. The summed E-state index contributed by atoms with van der Waals surface area (Å²) >= 11 is 0. The van der Waals surface area contributed by atoms with Crippen molar-refractivity contribution in [1.82, 2.24) is 9.97 Å². The predicted octanol–water partition coefficient (Wildman–Crippen LogP) is 1.16. The highest BCUT2D eigenvalue weighted by molar-refractivity contribution is 5.82. The first-order valence-electron chi connectivity index (χ1n) is 5.41. The average molecular weight is 232 g/mol. The number of hydrogen-bond acceptors (Lipinski definition) is 5. The third kappa shape index (κ3) is 2.18. The van der Waals surface area contributed by atoms with Crippen LogP contribution >= 0.6 is 0 Å². The number of nitrogens with zero attached hydrogens (tertiary/aromatic N) is 3. The Morgan fingerprint density at radius 1 is 1.53 bits per heavy atom. The molecule has 1 aliphatic rings. The molecule has 0 unspecified atom stereocenters. The Morgan fingerprint density at radius 2 is 2.24 bits per heavy atom. The first-order chi connectivity index (χ1) is 8.16. The summed E-state index contributed by atoms with van der Waals surface area (Å²) in [7, 11) is 0. The molecule has 0 saturated heterocycles. The largest absolute Gasteiger partial charge is 0.480 e. The van der Waals surface area contributed by atoms with Gasteiger partial charge in [0.05, 0.1) is 0 Å². The molecule has 88 valence electrons. The maximum atomic E-state index is 11.3. The number of carboxylic acid groups (broad SMARTS) is 1. The zero-order valence-corrected chi connectivity index (χ0v) is 9.18. The van der Waals surface area contributed by atoms with Crippen LogP contribution < -0.4 is 5.32 Å². The molecule has 0 spiro atoms. The summed E-state index contributed by atoms with van der Waals surface area (Å²) in [6.45, 7) is 0. The number of aromatic nitrogens is 2. The van der Waals surface area contributed by atoms with Crippen LogP contribution in [0.3, 0.4) is 0 Å². The average Bonchev–Trinajstić information content (AvgIpc) is 2.79. The summed E-state index contributed by atoms with van der Waals surface area (Å²) < 4.78 is 0.